The van der Waals surface area contributed by atoms with Crippen molar-refractivity contribution in [3.8, 4) is 0 Å². The van der Waals surface area contributed by atoms with Gasteiger partial charge in [-0.05, 0) is 25.1 Å². The fraction of sp³-hybridized carbons (Fsp3) is 0.231. The van der Waals surface area contributed by atoms with Crippen LogP contribution in [0.1, 0.15) is 12.7 Å². The summed E-state index contributed by atoms with van der Waals surface area (Å²) in [7, 11) is 0. The Kier molecular flexibility index (Phi) is 3.50. The van der Waals surface area contributed by atoms with Gasteiger partial charge in [-0.1, -0.05) is 0 Å². The second-order valence-corrected chi connectivity index (χ2v) is 3.91. The van der Waals surface area contributed by atoms with Crippen molar-refractivity contribution in [2.24, 2.45) is 0 Å². The first-order chi connectivity index (χ1) is 8.61. The second kappa shape index (κ2) is 5.08. The molecule has 3 nitrogen and oxygen atoms in total. The molecule has 0 fully saturated rings. The third kappa shape index (κ3) is 2.45. The van der Waals surface area contributed by atoms with Gasteiger partial charge in [0.2, 0.25) is 0 Å². The number of furan rings is 1. The molecule has 1 heterocycles. The predicted octanol–water partition coefficient (Wildman–Crippen LogP) is 3.17. The summed E-state index contributed by atoms with van der Waals surface area (Å²) in [6.45, 7) is 2.86. The van der Waals surface area contributed by atoms with Crippen LogP contribution >= 0.6 is 0 Å². The van der Waals surface area contributed by atoms with Crippen LogP contribution in [0.25, 0.3) is 0 Å². The minimum atomic E-state index is -0.747. The molecule has 0 aliphatic heterocycles. The molecule has 5 heteroatoms. The lowest BCUT2D eigenvalue weighted by Gasteiger charge is -2.23. The van der Waals surface area contributed by atoms with E-state index in [4.69, 9.17) is 10.2 Å². The Bertz CT molecular complexity index is 526. The van der Waals surface area contributed by atoms with Gasteiger partial charge in [-0.15, -0.1) is 0 Å². The van der Waals surface area contributed by atoms with E-state index in [1.165, 1.54) is 6.07 Å². The van der Waals surface area contributed by atoms with E-state index in [0.29, 0.717) is 24.5 Å². The monoisotopic (exact) mass is 252 g/mol. The summed E-state index contributed by atoms with van der Waals surface area (Å²) in [5.41, 5.74) is 5.93. The van der Waals surface area contributed by atoms with Crippen molar-refractivity contribution in [3.63, 3.8) is 0 Å². The van der Waals surface area contributed by atoms with Crippen molar-refractivity contribution in [2.45, 2.75) is 13.5 Å². The summed E-state index contributed by atoms with van der Waals surface area (Å²) in [5, 5.41) is 0. The smallest absolute Gasteiger partial charge is 0.151 e. The van der Waals surface area contributed by atoms with Gasteiger partial charge in [0.15, 0.2) is 5.82 Å². The highest BCUT2D eigenvalue weighted by atomic mass is 19.1. The molecule has 96 valence electrons. The molecule has 18 heavy (non-hydrogen) atoms. The van der Waals surface area contributed by atoms with Gasteiger partial charge in [-0.3, -0.25) is 0 Å². The van der Waals surface area contributed by atoms with Gasteiger partial charge in [-0.25, -0.2) is 8.78 Å². The number of nitrogens with two attached hydrogens (primary N) is 1. The van der Waals surface area contributed by atoms with Crippen LogP contribution < -0.4 is 10.6 Å². The number of halogens is 2. The molecule has 0 aliphatic carbocycles. The van der Waals surface area contributed by atoms with Crippen LogP contribution in [0.2, 0.25) is 0 Å². The van der Waals surface area contributed by atoms with Crippen molar-refractivity contribution in [1.82, 2.24) is 0 Å². The van der Waals surface area contributed by atoms with Crippen LogP contribution in [0, 0.1) is 11.6 Å². The quantitative estimate of drug-likeness (QED) is 0.850. The zero-order valence-corrected chi connectivity index (χ0v) is 9.99. The van der Waals surface area contributed by atoms with E-state index in [-0.39, 0.29) is 5.69 Å². The molecular weight excluding hydrogens is 238 g/mol. The highest BCUT2D eigenvalue weighted by Crippen LogP contribution is 2.28. The second-order valence-electron chi connectivity index (χ2n) is 3.91. The molecule has 2 N–H and O–H groups in total. The summed E-state index contributed by atoms with van der Waals surface area (Å²) in [5.74, 6) is -0.682. The number of nitrogens with zero attached hydrogens (tertiary/aromatic N) is 1. The zero-order valence-electron chi connectivity index (χ0n) is 9.99. The lowest BCUT2D eigenvalue weighted by Crippen LogP contribution is -2.23. The molecule has 0 aliphatic rings. The van der Waals surface area contributed by atoms with E-state index in [0.717, 1.165) is 6.07 Å². The minimum Gasteiger partial charge on any atom is -0.467 e. The van der Waals surface area contributed by atoms with Gasteiger partial charge in [-0.2, -0.15) is 0 Å². The standard InChI is InChI=1S/C13H14F2N2O/c1-2-17(8-10-4-3-5-18-10)12-7-9(14)6-11(15)13(12)16/h3-7H,2,8,16H2,1H3. The maximum Gasteiger partial charge on any atom is 0.151 e. The fourth-order valence-electron chi connectivity index (χ4n) is 1.79. The highest BCUT2D eigenvalue weighted by Gasteiger charge is 2.15. The topological polar surface area (TPSA) is 42.4 Å². The van der Waals surface area contributed by atoms with Crippen LogP contribution in [0.15, 0.2) is 34.9 Å². The van der Waals surface area contributed by atoms with E-state index in [1.807, 2.05) is 6.92 Å². The van der Waals surface area contributed by atoms with Crippen molar-refractivity contribution >= 4 is 11.4 Å². The SMILES string of the molecule is CCN(Cc1ccco1)c1cc(F)cc(F)c1N. The van der Waals surface area contributed by atoms with E-state index >= 15 is 0 Å². The molecule has 0 amide bonds. The predicted molar refractivity (Wildman–Crippen MR) is 66.2 cm³/mol. The first-order valence-corrected chi connectivity index (χ1v) is 5.63. The summed E-state index contributed by atoms with van der Waals surface area (Å²) in [6, 6.07) is 5.57. The Balaban J connectivity index is 2.32. The summed E-state index contributed by atoms with van der Waals surface area (Å²) in [4.78, 5) is 1.75. The number of rotatable bonds is 4. The van der Waals surface area contributed by atoms with E-state index in [2.05, 4.69) is 0 Å². The number of hydrogen-bond acceptors (Lipinski definition) is 3. The molecule has 0 unspecified atom stereocenters. The number of anilines is 2. The Morgan fingerprint density at radius 1 is 1.33 bits per heavy atom. The molecule has 0 spiro atoms. The Labute approximate surface area is 104 Å². The third-order valence-corrected chi connectivity index (χ3v) is 2.72. The maximum absolute atomic E-state index is 13.4. The summed E-state index contributed by atoms with van der Waals surface area (Å²) < 4.78 is 31.9. The summed E-state index contributed by atoms with van der Waals surface area (Å²) >= 11 is 0. The maximum atomic E-state index is 13.4. The van der Waals surface area contributed by atoms with Crippen LogP contribution in [-0.4, -0.2) is 6.54 Å². The van der Waals surface area contributed by atoms with Crippen LogP contribution in [-0.2, 0) is 6.54 Å². The van der Waals surface area contributed by atoms with Crippen molar-refractivity contribution in [1.29, 1.82) is 0 Å². The molecule has 0 saturated carbocycles. The van der Waals surface area contributed by atoms with Gasteiger partial charge in [0, 0.05) is 12.6 Å². The normalized spacial score (nSPS) is 10.6. The lowest BCUT2D eigenvalue weighted by atomic mass is 10.2. The Morgan fingerprint density at radius 3 is 2.72 bits per heavy atom. The Hall–Kier alpha value is -2.04. The number of nitrogen functional groups attached to an aromatic ring is 1. The molecule has 2 aromatic rings. The van der Waals surface area contributed by atoms with Crippen molar-refractivity contribution < 1.29 is 13.2 Å². The van der Waals surface area contributed by atoms with E-state index < -0.39 is 11.6 Å². The molecule has 2 rings (SSSR count). The van der Waals surface area contributed by atoms with Crippen molar-refractivity contribution in [3.05, 3.63) is 47.9 Å². The number of hydrogen-bond donors (Lipinski definition) is 1. The molecule has 1 aromatic carbocycles. The molecule has 0 atom stereocenters. The van der Waals surface area contributed by atoms with E-state index in [9.17, 15) is 8.78 Å². The first kappa shape index (κ1) is 12.4. The first-order valence-electron chi connectivity index (χ1n) is 5.63. The van der Waals surface area contributed by atoms with Crippen LogP contribution in [0.3, 0.4) is 0 Å². The van der Waals surface area contributed by atoms with Gasteiger partial charge >= 0.3 is 0 Å². The molecule has 0 saturated heterocycles. The minimum absolute atomic E-state index is 0.0511. The van der Waals surface area contributed by atoms with E-state index in [1.54, 1.807) is 23.3 Å². The third-order valence-electron chi connectivity index (χ3n) is 2.72. The largest absolute Gasteiger partial charge is 0.467 e. The highest BCUT2D eigenvalue weighted by molar-refractivity contribution is 5.68. The summed E-state index contributed by atoms with van der Waals surface area (Å²) in [6.07, 6.45) is 1.55. The zero-order chi connectivity index (χ0) is 13.1. The van der Waals surface area contributed by atoms with Crippen LogP contribution in [0.4, 0.5) is 20.2 Å². The van der Waals surface area contributed by atoms with Crippen LogP contribution in [0.5, 0.6) is 0 Å². The van der Waals surface area contributed by atoms with Gasteiger partial charge in [0.1, 0.15) is 11.6 Å². The van der Waals surface area contributed by atoms with Crippen molar-refractivity contribution in [2.75, 3.05) is 17.2 Å². The molecular formula is C13H14F2N2O. The average Bonchev–Trinajstić information content (AvgIpc) is 2.84. The average molecular weight is 252 g/mol. The van der Waals surface area contributed by atoms with Gasteiger partial charge in [0.25, 0.3) is 0 Å². The molecule has 0 radical (unpaired) electrons. The molecule has 1 aromatic heterocycles. The van der Waals surface area contributed by atoms with Gasteiger partial charge in [0.05, 0.1) is 24.2 Å². The Morgan fingerprint density at radius 2 is 2.11 bits per heavy atom. The fourth-order valence-corrected chi connectivity index (χ4v) is 1.79. The lowest BCUT2D eigenvalue weighted by molar-refractivity contribution is 0.503. The number of benzene rings is 1. The van der Waals surface area contributed by atoms with Gasteiger partial charge < -0.3 is 15.1 Å². The molecule has 0 bridgehead atoms.